The fourth-order valence-corrected chi connectivity index (χ4v) is 4.98. The van der Waals surface area contributed by atoms with Crippen LogP contribution in [0, 0.1) is 15.5 Å². The molecule has 1 aliphatic carbocycles. The van der Waals surface area contributed by atoms with Crippen molar-refractivity contribution in [2.45, 2.75) is 55.4 Å². The van der Waals surface area contributed by atoms with Crippen LogP contribution in [-0.2, 0) is 14.8 Å². The van der Waals surface area contributed by atoms with Crippen LogP contribution in [0.4, 0.5) is 5.69 Å². The molecule has 0 unspecified atom stereocenters. The van der Waals surface area contributed by atoms with Gasteiger partial charge < -0.3 is 4.74 Å². The summed E-state index contributed by atoms with van der Waals surface area (Å²) in [7, 11) is -3.98. The number of nitrogens with zero attached hydrogens (tertiary/aromatic N) is 1. The van der Waals surface area contributed by atoms with Crippen molar-refractivity contribution in [2.75, 3.05) is 13.2 Å². The molecule has 9 heteroatoms. The summed E-state index contributed by atoms with van der Waals surface area (Å²) in [6.45, 7) is 4.34. The Morgan fingerprint density at radius 3 is 2.62 bits per heavy atom. The molecule has 0 radical (unpaired) electrons. The van der Waals surface area contributed by atoms with Crippen molar-refractivity contribution in [3.8, 4) is 0 Å². The summed E-state index contributed by atoms with van der Waals surface area (Å²) in [6.07, 6.45) is 4.53. The molecule has 0 aromatic heterocycles. The predicted octanol–water partition coefficient (Wildman–Crippen LogP) is 3.62. The zero-order chi connectivity index (χ0) is 19.4. The Labute approximate surface area is 162 Å². The molecule has 0 spiro atoms. The monoisotopic (exact) mass is 448 g/mol. The van der Waals surface area contributed by atoms with Crippen molar-refractivity contribution in [1.82, 2.24) is 4.72 Å². The Hall–Kier alpha value is -1.03. The van der Waals surface area contributed by atoms with Crippen molar-refractivity contribution in [2.24, 2.45) is 5.41 Å². The highest BCUT2D eigenvalue weighted by molar-refractivity contribution is 9.09. The molecule has 0 bridgehead atoms. The number of nitro benzene ring substituents is 1. The second-order valence-corrected chi connectivity index (χ2v) is 10.3. The third-order valence-electron chi connectivity index (χ3n) is 4.40. The SMILES string of the molecule is CC(C)(CNS(=O)(=O)c1ccccc1[N+](=O)[O-])CO[C@H]1CCCC[C@@H]1Br. The standard InChI is InChI=1S/C17H25BrN2O5S/c1-17(2,12-25-15-9-5-3-7-13(15)18)11-19-26(23,24)16-10-6-4-8-14(16)20(21)22/h4,6,8,10,13,15,19H,3,5,7,9,11-12H2,1-2H3/t13-,15-/m0/s1. The summed E-state index contributed by atoms with van der Waals surface area (Å²) in [5, 5.41) is 11.1. The van der Waals surface area contributed by atoms with Crippen LogP contribution in [0.15, 0.2) is 29.2 Å². The van der Waals surface area contributed by atoms with Crippen LogP contribution < -0.4 is 4.72 Å². The van der Waals surface area contributed by atoms with E-state index in [2.05, 4.69) is 20.7 Å². The molecule has 2 atom stereocenters. The molecular weight excluding hydrogens is 424 g/mol. The molecule has 1 saturated carbocycles. The van der Waals surface area contributed by atoms with Crippen molar-refractivity contribution >= 4 is 31.6 Å². The average Bonchev–Trinajstić information content (AvgIpc) is 2.59. The maximum Gasteiger partial charge on any atom is 0.289 e. The number of nitro groups is 1. The minimum absolute atomic E-state index is 0.126. The summed E-state index contributed by atoms with van der Waals surface area (Å²) < 4.78 is 33.5. The number of para-hydroxylation sites is 1. The highest BCUT2D eigenvalue weighted by Gasteiger charge is 2.30. The van der Waals surface area contributed by atoms with Crippen molar-refractivity contribution in [3.05, 3.63) is 34.4 Å². The minimum Gasteiger partial charge on any atom is -0.376 e. The number of sulfonamides is 1. The number of nitrogens with one attached hydrogen (secondary N) is 1. The molecule has 1 aliphatic rings. The number of ether oxygens (including phenoxy) is 1. The van der Waals surface area contributed by atoms with E-state index in [9.17, 15) is 18.5 Å². The highest BCUT2D eigenvalue weighted by atomic mass is 79.9. The van der Waals surface area contributed by atoms with Crippen LogP contribution in [0.2, 0.25) is 0 Å². The lowest BCUT2D eigenvalue weighted by molar-refractivity contribution is -0.387. The second kappa shape index (κ2) is 8.77. The van der Waals surface area contributed by atoms with Gasteiger partial charge in [-0.2, -0.15) is 0 Å². The summed E-state index contributed by atoms with van der Waals surface area (Å²) in [5.74, 6) is 0. The van der Waals surface area contributed by atoms with Gasteiger partial charge in [0.05, 0.1) is 17.6 Å². The van der Waals surface area contributed by atoms with Crippen molar-refractivity contribution in [1.29, 1.82) is 0 Å². The fraction of sp³-hybridized carbons (Fsp3) is 0.647. The normalized spacial score (nSPS) is 21.5. The maximum absolute atomic E-state index is 12.5. The topological polar surface area (TPSA) is 98.5 Å². The third kappa shape index (κ3) is 5.73. The number of alkyl halides is 1. The van der Waals surface area contributed by atoms with Crippen molar-refractivity contribution < 1.29 is 18.1 Å². The number of rotatable bonds is 8. The average molecular weight is 449 g/mol. The smallest absolute Gasteiger partial charge is 0.289 e. The van der Waals surface area contributed by atoms with Gasteiger partial charge in [-0.15, -0.1) is 0 Å². The second-order valence-electron chi connectivity index (χ2n) is 7.36. The molecule has 0 saturated heterocycles. The lowest BCUT2D eigenvalue weighted by Crippen LogP contribution is -2.39. The van der Waals surface area contributed by atoms with E-state index in [1.54, 1.807) is 0 Å². The van der Waals surface area contributed by atoms with Crippen LogP contribution >= 0.6 is 15.9 Å². The Balaban J connectivity index is 1.98. The molecule has 1 N–H and O–H groups in total. The minimum atomic E-state index is -3.98. The molecule has 26 heavy (non-hydrogen) atoms. The first-order valence-electron chi connectivity index (χ1n) is 8.61. The van der Waals surface area contributed by atoms with Gasteiger partial charge in [-0.25, -0.2) is 13.1 Å². The first kappa shape index (κ1) is 21.3. The van der Waals surface area contributed by atoms with E-state index >= 15 is 0 Å². The first-order valence-corrected chi connectivity index (χ1v) is 11.0. The molecule has 7 nitrogen and oxygen atoms in total. The highest BCUT2D eigenvalue weighted by Crippen LogP contribution is 2.29. The third-order valence-corrected chi connectivity index (χ3v) is 6.90. The zero-order valence-electron chi connectivity index (χ0n) is 15.0. The van der Waals surface area contributed by atoms with E-state index in [0.29, 0.717) is 11.4 Å². The molecule has 1 fully saturated rings. The van der Waals surface area contributed by atoms with E-state index in [1.807, 2.05) is 13.8 Å². The lowest BCUT2D eigenvalue weighted by atomic mass is 9.94. The van der Waals surface area contributed by atoms with Gasteiger partial charge >= 0.3 is 0 Å². The van der Waals surface area contributed by atoms with E-state index in [4.69, 9.17) is 4.74 Å². The van der Waals surface area contributed by atoms with Gasteiger partial charge in [0.15, 0.2) is 4.90 Å². The first-order chi connectivity index (χ1) is 12.1. The lowest BCUT2D eigenvalue weighted by Gasteiger charge is -2.32. The maximum atomic E-state index is 12.5. The zero-order valence-corrected chi connectivity index (χ0v) is 17.4. The van der Waals surface area contributed by atoms with Crippen LogP contribution in [0.5, 0.6) is 0 Å². The van der Waals surface area contributed by atoms with E-state index < -0.39 is 26.0 Å². The van der Waals surface area contributed by atoms with Gasteiger partial charge in [-0.3, -0.25) is 10.1 Å². The molecule has 0 aliphatic heterocycles. The summed E-state index contributed by atoms with van der Waals surface area (Å²) in [6, 6.07) is 5.33. The summed E-state index contributed by atoms with van der Waals surface area (Å²) >= 11 is 3.64. The summed E-state index contributed by atoms with van der Waals surface area (Å²) in [4.78, 5) is 10.4. The van der Waals surface area contributed by atoms with Gasteiger partial charge in [-0.05, 0) is 18.9 Å². The van der Waals surface area contributed by atoms with Gasteiger partial charge in [0.2, 0.25) is 10.0 Å². The van der Waals surface area contributed by atoms with Gasteiger partial charge in [0, 0.05) is 22.9 Å². The van der Waals surface area contributed by atoms with E-state index in [1.165, 1.54) is 30.7 Å². The molecule has 0 heterocycles. The predicted molar refractivity (Wildman–Crippen MR) is 103 cm³/mol. The van der Waals surface area contributed by atoms with E-state index in [0.717, 1.165) is 19.3 Å². The van der Waals surface area contributed by atoms with Crippen molar-refractivity contribution in [3.63, 3.8) is 0 Å². The molecular formula is C17H25BrN2O5S. The van der Waals surface area contributed by atoms with Crippen LogP contribution in [0.3, 0.4) is 0 Å². The summed E-state index contributed by atoms with van der Waals surface area (Å²) in [5.41, 5.74) is -0.876. The van der Waals surface area contributed by atoms with Gasteiger partial charge in [-0.1, -0.05) is 54.8 Å². The Kier molecular flexibility index (Phi) is 7.18. The number of benzene rings is 1. The number of hydrogen-bond acceptors (Lipinski definition) is 5. The van der Waals surface area contributed by atoms with Gasteiger partial charge in [0.25, 0.3) is 5.69 Å². The fourth-order valence-electron chi connectivity index (χ4n) is 2.83. The van der Waals surface area contributed by atoms with Gasteiger partial charge in [0.1, 0.15) is 0 Å². The molecule has 0 amide bonds. The molecule has 146 valence electrons. The van der Waals surface area contributed by atoms with E-state index in [-0.39, 0.29) is 17.5 Å². The quantitative estimate of drug-likeness (QED) is 0.371. The number of halogens is 1. The Morgan fingerprint density at radius 1 is 1.31 bits per heavy atom. The Morgan fingerprint density at radius 2 is 1.96 bits per heavy atom. The largest absolute Gasteiger partial charge is 0.376 e. The molecule has 2 rings (SSSR count). The molecule has 1 aromatic rings. The Bertz CT molecular complexity index is 738. The van der Waals surface area contributed by atoms with Crippen LogP contribution in [-0.4, -0.2) is 37.4 Å². The van der Waals surface area contributed by atoms with Crippen LogP contribution in [0.1, 0.15) is 39.5 Å². The van der Waals surface area contributed by atoms with Crippen LogP contribution in [0.25, 0.3) is 0 Å². The number of hydrogen-bond donors (Lipinski definition) is 1. The molecule has 1 aromatic carbocycles.